The maximum absolute atomic E-state index is 9.45. The van der Waals surface area contributed by atoms with E-state index < -0.39 is 5.91 Å². The zero-order valence-corrected chi connectivity index (χ0v) is 6.98. The molecule has 4 heteroatoms. The Kier molecular flexibility index (Phi) is 10.2. The first kappa shape index (κ1) is 10.1. The fraction of sp³-hybridized carbons (Fsp3) is 0.500. The maximum atomic E-state index is 9.45. The molecule has 31 valence electrons. The molecule has 0 saturated carbocycles. The Labute approximate surface area is 78.5 Å². The van der Waals surface area contributed by atoms with E-state index in [1.165, 1.54) is 12.4 Å². The molecule has 1 amide bonds. The second-order valence-electron chi connectivity index (χ2n) is 0.668. The molecule has 0 bridgehead atoms. The summed E-state index contributed by atoms with van der Waals surface area (Å²) in [5, 5.41) is 7.54. The first-order chi connectivity index (χ1) is 2.27. The van der Waals surface area contributed by atoms with Gasteiger partial charge in [0.05, 0.1) is 0 Å². The average Bonchev–Trinajstić information content (AvgIpc) is 1.38. The fourth-order valence-corrected chi connectivity index (χ4v) is 0. The second-order valence-corrected chi connectivity index (χ2v) is 0.668. The molecule has 0 atom stereocenters. The number of amides is 1. The predicted molar refractivity (Wildman–Crippen MR) is 21.4 cm³/mol. The van der Waals surface area contributed by atoms with Gasteiger partial charge in [0, 0.05) is 58.3 Å². The summed E-state index contributed by atoms with van der Waals surface area (Å²) < 4.78 is 0. The summed E-state index contributed by atoms with van der Waals surface area (Å²) in [5.41, 5.74) is 1.39. The number of carbonyl (C=O) groups is 1. The molecule has 0 aromatic heterocycles. The van der Waals surface area contributed by atoms with Gasteiger partial charge in [0.1, 0.15) is 0 Å². The van der Waals surface area contributed by atoms with Crippen molar-refractivity contribution in [2.45, 2.75) is 6.92 Å². The van der Waals surface area contributed by atoms with Crippen molar-refractivity contribution in [3.63, 3.8) is 0 Å². The van der Waals surface area contributed by atoms with Crippen LogP contribution in [0.4, 0.5) is 0 Å². The van der Waals surface area contributed by atoms with Crippen molar-refractivity contribution in [3.8, 4) is 0 Å². The van der Waals surface area contributed by atoms with Crippen LogP contribution in [0.15, 0.2) is 0 Å². The molecule has 0 heterocycles. The molecule has 3 nitrogen and oxygen atoms in total. The van der Waals surface area contributed by atoms with E-state index in [1.807, 2.05) is 0 Å². The van der Waals surface area contributed by atoms with Crippen molar-refractivity contribution in [2.75, 3.05) is 0 Å². The zero-order chi connectivity index (χ0) is 4.28. The number of rotatable bonds is 0. The number of hydrogen-bond donors (Lipinski definition) is 2. The minimum Gasteiger partial charge on any atom is -0.289 e. The topological polar surface area (TPSA) is 49.3 Å². The van der Waals surface area contributed by atoms with Gasteiger partial charge in [-0.1, -0.05) is 0 Å². The Morgan fingerprint density at radius 3 is 2.00 bits per heavy atom. The van der Waals surface area contributed by atoms with Crippen molar-refractivity contribution < 1.29 is 10.0 Å². The number of carbonyl (C=O) groups excluding carboxylic acids is 1. The fourth-order valence-electron chi connectivity index (χ4n) is 0. The monoisotopic (exact) mass is 114 g/mol. The molecule has 0 saturated heterocycles. The molecule has 0 rings (SSSR count). The van der Waals surface area contributed by atoms with Crippen LogP contribution in [0.3, 0.4) is 0 Å². The first-order valence-electron chi connectivity index (χ1n) is 1.18. The Balaban J connectivity index is 0. The summed E-state index contributed by atoms with van der Waals surface area (Å²) in [6.45, 7) is 1.22. The van der Waals surface area contributed by atoms with Crippen LogP contribution in [0.5, 0.6) is 0 Å². The van der Waals surface area contributed by atoms with Gasteiger partial charge in [-0.25, -0.2) is 5.48 Å². The van der Waals surface area contributed by atoms with Crippen LogP contribution >= 0.6 is 0 Å². The average molecular weight is 114 g/mol. The van der Waals surface area contributed by atoms with Gasteiger partial charge in [-0.2, -0.15) is 0 Å². The SMILES string of the molecule is CC(=O)NO.[K]. The van der Waals surface area contributed by atoms with Gasteiger partial charge in [0.25, 0.3) is 0 Å². The molecule has 0 aliphatic carbocycles. The van der Waals surface area contributed by atoms with Crippen LogP contribution in [0, 0.1) is 0 Å². The summed E-state index contributed by atoms with van der Waals surface area (Å²) in [6, 6.07) is 0. The van der Waals surface area contributed by atoms with Crippen LogP contribution in [0.1, 0.15) is 6.92 Å². The summed E-state index contributed by atoms with van der Waals surface area (Å²) in [5.74, 6) is -0.440. The number of hydroxylamine groups is 1. The Hall–Kier alpha value is 1.07. The van der Waals surface area contributed by atoms with Crippen LogP contribution in [-0.2, 0) is 4.79 Å². The van der Waals surface area contributed by atoms with E-state index in [1.54, 1.807) is 0 Å². The predicted octanol–water partition coefficient (Wildman–Crippen LogP) is -0.869. The van der Waals surface area contributed by atoms with Crippen molar-refractivity contribution in [1.82, 2.24) is 5.48 Å². The summed E-state index contributed by atoms with van der Waals surface area (Å²) in [6.07, 6.45) is 0. The van der Waals surface area contributed by atoms with Crippen molar-refractivity contribution >= 4 is 57.3 Å². The zero-order valence-electron chi connectivity index (χ0n) is 3.86. The van der Waals surface area contributed by atoms with E-state index >= 15 is 0 Å². The molecular weight excluding hydrogens is 109 g/mol. The van der Waals surface area contributed by atoms with Crippen LogP contribution in [-0.4, -0.2) is 62.5 Å². The molecule has 0 aromatic carbocycles. The molecule has 0 spiro atoms. The first-order valence-corrected chi connectivity index (χ1v) is 1.18. The minimum atomic E-state index is -0.440. The van der Waals surface area contributed by atoms with E-state index in [-0.39, 0.29) is 51.4 Å². The molecule has 1 radical (unpaired) electrons. The van der Waals surface area contributed by atoms with Gasteiger partial charge >= 0.3 is 0 Å². The van der Waals surface area contributed by atoms with E-state index in [0.717, 1.165) is 0 Å². The van der Waals surface area contributed by atoms with E-state index in [0.29, 0.717) is 0 Å². The summed E-state index contributed by atoms with van der Waals surface area (Å²) in [7, 11) is 0. The number of hydrogen-bond acceptors (Lipinski definition) is 2. The van der Waals surface area contributed by atoms with Gasteiger partial charge in [-0.15, -0.1) is 0 Å². The standard InChI is InChI=1S/C2H5NO2.K/c1-2(4)3-5;/h5H,1H3,(H,3,4);. The van der Waals surface area contributed by atoms with E-state index in [9.17, 15) is 4.79 Å². The smallest absolute Gasteiger partial charge is 0.240 e. The minimum absolute atomic E-state index is 0. The summed E-state index contributed by atoms with van der Waals surface area (Å²) in [4.78, 5) is 9.45. The Bertz CT molecular complexity index is 46.8. The van der Waals surface area contributed by atoms with Crippen LogP contribution in [0.25, 0.3) is 0 Å². The van der Waals surface area contributed by atoms with Gasteiger partial charge in [0.2, 0.25) is 5.91 Å². The molecular formula is C2H5KNO2. The Morgan fingerprint density at radius 2 is 2.00 bits per heavy atom. The third-order valence-corrected chi connectivity index (χ3v) is 0.157. The van der Waals surface area contributed by atoms with E-state index in [4.69, 9.17) is 5.21 Å². The third-order valence-electron chi connectivity index (χ3n) is 0.157. The van der Waals surface area contributed by atoms with Gasteiger partial charge < -0.3 is 0 Å². The molecule has 0 unspecified atom stereocenters. The van der Waals surface area contributed by atoms with Crippen molar-refractivity contribution in [2.24, 2.45) is 0 Å². The summed E-state index contributed by atoms with van der Waals surface area (Å²) >= 11 is 0. The molecule has 0 aromatic rings. The maximum Gasteiger partial charge on any atom is 0.240 e. The second kappa shape index (κ2) is 6.07. The molecule has 0 aliphatic rings. The largest absolute Gasteiger partial charge is 0.289 e. The molecule has 2 N–H and O–H groups in total. The van der Waals surface area contributed by atoms with Gasteiger partial charge in [0.15, 0.2) is 0 Å². The van der Waals surface area contributed by atoms with Gasteiger partial charge in [-0.3, -0.25) is 10.0 Å². The van der Waals surface area contributed by atoms with Crippen LogP contribution in [0.2, 0.25) is 0 Å². The van der Waals surface area contributed by atoms with Crippen molar-refractivity contribution in [1.29, 1.82) is 0 Å². The Morgan fingerprint density at radius 1 is 1.83 bits per heavy atom. The number of nitrogens with one attached hydrogen (secondary N) is 1. The quantitative estimate of drug-likeness (QED) is 0.244. The third kappa shape index (κ3) is 8.91. The molecule has 6 heavy (non-hydrogen) atoms. The van der Waals surface area contributed by atoms with Crippen molar-refractivity contribution in [3.05, 3.63) is 0 Å². The molecule has 0 fully saturated rings. The normalized spacial score (nSPS) is 5.67. The van der Waals surface area contributed by atoms with Crippen LogP contribution < -0.4 is 5.48 Å². The van der Waals surface area contributed by atoms with E-state index in [2.05, 4.69) is 0 Å². The van der Waals surface area contributed by atoms with Gasteiger partial charge in [-0.05, 0) is 0 Å². The molecule has 0 aliphatic heterocycles.